The Morgan fingerprint density at radius 3 is 1.93 bits per heavy atom. The molecule has 0 aliphatic carbocycles. The molecule has 4 aliphatic heterocycles. The third-order valence-electron chi connectivity index (χ3n) is 10.4. The molecule has 0 aromatic heterocycles. The van der Waals surface area contributed by atoms with E-state index in [2.05, 4.69) is 26.6 Å². The first-order chi connectivity index (χ1) is 25.6. The summed E-state index contributed by atoms with van der Waals surface area (Å²) < 4.78 is 0. The van der Waals surface area contributed by atoms with E-state index in [1.165, 1.54) is 28.5 Å². The maximum Gasteiger partial charge on any atom is 0.326 e. The van der Waals surface area contributed by atoms with E-state index < -0.39 is 103 Å². The molecule has 0 radical (unpaired) electrons. The van der Waals surface area contributed by atoms with Gasteiger partial charge < -0.3 is 56.6 Å². The third kappa shape index (κ3) is 10.4. The predicted molar refractivity (Wildman–Crippen MR) is 186 cm³/mol. The van der Waals surface area contributed by atoms with Gasteiger partial charge in [-0.15, -0.1) is 0 Å². The maximum absolute atomic E-state index is 13.4. The van der Waals surface area contributed by atoms with Gasteiger partial charge in [0.25, 0.3) is 0 Å². The van der Waals surface area contributed by atoms with Crippen molar-refractivity contribution in [1.82, 2.24) is 41.3 Å². The van der Waals surface area contributed by atoms with Crippen molar-refractivity contribution in [3.8, 4) is 0 Å². The van der Waals surface area contributed by atoms with Crippen LogP contribution in [0.4, 0.5) is 0 Å². The average Bonchev–Trinajstić information content (AvgIpc) is 3.96. The molecular weight excluding hydrogens is 712 g/mol. The second-order valence-corrected chi connectivity index (χ2v) is 14.3. The van der Waals surface area contributed by atoms with Crippen molar-refractivity contribution < 1.29 is 58.5 Å². The molecule has 4 aliphatic rings. The number of carboxylic acid groups (broad SMARTS) is 2. The van der Waals surface area contributed by atoms with E-state index in [-0.39, 0.29) is 31.5 Å². The highest BCUT2D eigenvalue weighted by atomic mass is 16.4. The lowest BCUT2D eigenvalue weighted by atomic mass is 10.1. The molecule has 20 heteroatoms. The number of amides is 7. The number of aliphatic carboxylic acids is 2. The number of nitrogens with one attached hydrogen (secondary N) is 5. The summed E-state index contributed by atoms with van der Waals surface area (Å²) in [6.45, 7) is 3.42. The molecule has 7 amide bonds. The summed E-state index contributed by atoms with van der Waals surface area (Å²) in [5.74, 6) is -7.07. The van der Waals surface area contributed by atoms with Crippen LogP contribution in [0.2, 0.25) is 0 Å². The van der Waals surface area contributed by atoms with E-state index >= 15 is 0 Å². The number of carboxylic acids is 2. The summed E-state index contributed by atoms with van der Waals surface area (Å²) in [5.41, 5.74) is 0. The minimum atomic E-state index is -1.49. The molecule has 0 unspecified atom stereocenters. The Labute approximate surface area is 312 Å². The molecule has 0 aromatic carbocycles. The van der Waals surface area contributed by atoms with Gasteiger partial charge in [-0.1, -0.05) is 0 Å². The first-order valence-corrected chi connectivity index (χ1v) is 18.6. The summed E-state index contributed by atoms with van der Waals surface area (Å²) in [6.07, 6.45) is 1.74. The monoisotopic (exact) mass is 764 g/mol. The zero-order valence-electron chi connectivity index (χ0n) is 30.6. The van der Waals surface area contributed by atoms with Gasteiger partial charge in [0.1, 0.15) is 36.3 Å². The van der Waals surface area contributed by atoms with Crippen LogP contribution in [0.5, 0.6) is 0 Å². The van der Waals surface area contributed by atoms with Crippen molar-refractivity contribution in [1.29, 1.82) is 0 Å². The summed E-state index contributed by atoms with van der Waals surface area (Å²) in [5, 5.41) is 41.8. The van der Waals surface area contributed by atoms with Crippen molar-refractivity contribution in [3.05, 3.63) is 0 Å². The Bertz CT molecular complexity index is 1470. The van der Waals surface area contributed by atoms with Gasteiger partial charge in [-0.3, -0.25) is 38.4 Å². The zero-order valence-corrected chi connectivity index (χ0v) is 30.6. The number of carbonyl (C=O) groups is 9. The van der Waals surface area contributed by atoms with Gasteiger partial charge in [-0.05, 0) is 78.2 Å². The van der Waals surface area contributed by atoms with Crippen LogP contribution in [-0.2, 0) is 43.2 Å². The van der Waals surface area contributed by atoms with Crippen LogP contribution in [0, 0.1) is 0 Å². The highest BCUT2D eigenvalue weighted by molar-refractivity contribution is 5.97. The zero-order chi connectivity index (χ0) is 39.7. The fraction of sp³-hybridized carbons (Fsp3) is 0.735. The van der Waals surface area contributed by atoms with Crippen LogP contribution in [0.15, 0.2) is 0 Å². The lowest BCUT2D eigenvalue weighted by molar-refractivity contribution is -0.152. The first kappa shape index (κ1) is 41.9. The largest absolute Gasteiger partial charge is 0.481 e. The molecular formula is C34H52N8O12. The van der Waals surface area contributed by atoms with Crippen molar-refractivity contribution in [2.24, 2.45) is 0 Å². The van der Waals surface area contributed by atoms with Gasteiger partial charge in [-0.25, -0.2) is 4.79 Å². The second kappa shape index (κ2) is 19.0. The number of rotatable bonds is 16. The normalized spacial score (nSPS) is 24.6. The van der Waals surface area contributed by atoms with Crippen LogP contribution in [0.1, 0.15) is 78.1 Å². The Morgan fingerprint density at radius 1 is 0.722 bits per heavy atom. The molecule has 4 fully saturated rings. The van der Waals surface area contributed by atoms with Crippen LogP contribution < -0.4 is 26.6 Å². The van der Waals surface area contributed by atoms with Crippen LogP contribution in [0.25, 0.3) is 0 Å². The first-order valence-electron chi connectivity index (χ1n) is 18.6. The van der Waals surface area contributed by atoms with Crippen LogP contribution in [-0.4, -0.2) is 164 Å². The van der Waals surface area contributed by atoms with Gasteiger partial charge in [0.15, 0.2) is 0 Å². The van der Waals surface area contributed by atoms with E-state index in [4.69, 9.17) is 0 Å². The van der Waals surface area contributed by atoms with Crippen molar-refractivity contribution >= 4 is 53.3 Å². The maximum atomic E-state index is 13.4. The number of nitrogens with zero attached hydrogens (tertiary/aromatic N) is 3. The molecule has 20 nitrogen and oxygen atoms in total. The molecule has 0 aromatic rings. The number of hydrogen-bond acceptors (Lipinski definition) is 11. The molecule has 4 saturated heterocycles. The highest BCUT2D eigenvalue weighted by Gasteiger charge is 2.44. The van der Waals surface area contributed by atoms with Gasteiger partial charge in [-0.2, -0.15) is 0 Å². The van der Waals surface area contributed by atoms with E-state index in [1.54, 1.807) is 0 Å². The van der Waals surface area contributed by atoms with Crippen molar-refractivity contribution in [2.75, 3.05) is 32.7 Å². The van der Waals surface area contributed by atoms with E-state index in [9.17, 15) is 58.5 Å². The molecule has 300 valence electrons. The number of aliphatic hydroxyl groups is 1. The molecule has 0 bridgehead atoms. The van der Waals surface area contributed by atoms with Gasteiger partial charge in [0.2, 0.25) is 41.4 Å². The lowest BCUT2D eigenvalue weighted by Crippen LogP contribution is -2.59. The summed E-state index contributed by atoms with van der Waals surface area (Å²) in [7, 11) is 0. The Morgan fingerprint density at radius 2 is 1.33 bits per heavy atom. The van der Waals surface area contributed by atoms with Crippen LogP contribution >= 0.6 is 0 Å². The van der Waals surface area contributed by atoms with Gasteiger partial charge >= 0.3 is 11.9 Å². The SMILES string of the molecule is C[C@H](NC(=O)[C@H](CCC(=O)O)NC(=O)CNC(=O)[C@@H](NC(=O)[C@@H]1CCCN1C(=O)[C@@H]1CCCN1)[C@@H](C)O)C(=O)N1CCC[C@H]1C(=O)N1CCC[C@H]1C(=O)O. The summed E-state index contributed by atoms with van der Waals surface area (Å²) in [4.78, 5) is 119. The fourth-order valence-corrected chi connectivity index (χ4v) is 7.50. The lowest BCUT2D eigenvalue weighted by Gasteiger charge is -2.31. The number of likely N-dealkylation sites (tertiary alicyclic amines) is 3. The number of hydrogen-bond donors (Lipinski definition) is 8. The van der Waals surface area contributed by atoms with Crippen molar-refractivity contribution in [3.63, 3.8) is 0 Å². The topological polar surface area (TPSA) is 284 Å². The number of aliphatic hydroxyl groups excluding tert-OH is 1. The standard InChI is InChI=1S/C34H52N8O12/c1-18(31(50)41-15-5-9-23(41)33(52)42-16-6-10-24(42)34(53)54)37-28(47)20(11-12-26(45)46)38-25(44)17-36-30(49)27(19(2)43)39-29(48)22-8-4-14-40(22)32(51)21-7-3-13-35-21/h18-24,27,35,43H,3-17H2,1-2H3,(H,36,49)(H,37,47)(H,38,44)(H,39,48)(H,45,46)(H,53,54)/t18-,19+,20-,21-,22-,23-,24-,27-/m0/s1. The third-order valence-corrected chi connectivity index (χ3v) is 10.4. The van der Waals surface area contributed by atoms with Gasteiger partial charge in [0, 0.05) is 26.1 Å². The molecule has 54 heavy (non-hydrogen) atoms. The molecule has 4 rings (SSSR count). The molecule has 8 atom stereocenters. The molecule has 8 N–H and O–H groups in total. The quantitative estimate of drug-likeness (QED) is 0.0763. The van der Waals surface area contributed by atoms with E-state index in [0.29, 0.717) is 58.0 Å². The Kier molecular flexibility index (Phi) is 14.7. The van der Waals surface area contributed by atoms with E-state index in [1.807, 2.05) is 0 Å². The summed E-state index contributed by atoms with van der Waals surface area (Å²) >= 11 is 0. The fourth-order valence-electron chi connectivity index (χ4n) is 7.50. The van der Waals surface area contributed by atoms with Crippen molar-refractivity contribution in [2.45, 2.75) is 126 Å². The highest BCUT2D eigenvalue weighted by Crippen LogP contribution is 2.26. The van der Waals surface area contributed by atoms with Crippen LogP contribution in [0.3, 0.4) is 0 Å². The Hall–Kier alpha value is -4.85. The smallest absolute Gasteiger partial charge is 0.326 e. The van der Waals surface area contributed by atoms with E-state index in [0.717, 1.165) is 6.42 Å². The predicted octanol–water partition coefficient (Wildman–Crippen LogP) is -3.37. The minimum absolute atomic E-state index is 0.197. The molecule has 0 spiro atoms. The summed E-state index contributed by atoms with van der Waals surface area (Å²) in [6, 6.07) is -7.28. The van der Waals surface area contributed by atoms with Gasteiger partial charge in [0.05, 0.1) is 18.7 Å². The molecule has 4 heterocycles. The second-order valence-electron chi connectivity index (χ2n) is 14.3. The number of carbonyl (C=O) groups excluding carboxylic acids is 7. The minimum Gasteiger partial charge on any atom is -0.481 e. The average molecular weight is 765 g/mol. The molecule has 0 saturated carbocycles. The Balaban J connectivity index is 1.31.